The Balaban J connectivity index is 1.82. The fourth-order valence-electron chi connectivity index (χ4n) is 1.74. The van der Waals surface area contributed by atoms with Gasteiger partial charge in [0.05, 0.1) is 6.20 Å². The van der Waals surface area contributed by atoms with E-state index < -0.39 is 0 Å². The van der Waals surface area contributed by atoms with Gasteiger partial charge in [-0.25, -0.2) is 0 Å². The lowest BCUT2D eigenvalue weighted by Crippen LogP contribution is -1.95. The van der Waals surface area contributed by atoms with Crippen molar-refractivity contribution in [3.05, 3.63) is 53.3 Å². The highest BCUT2D eigenvalue weighted by atomic mass is 35.5. The van der Waals surface area contributed by atoms with Crippen LogP contribution in [0, 0.1) is 0 Å². The molecule has 4 nitrogen and oxygen atoms in total. The first-order valence-electron chi connectivity index (χ1n) is 5.48. The minimum absolute atomic E-state index is 0.398. The normalized spacial score (nSPS) is 10.7. The molecule has 3 rings (SSSR count). The van der Waals surface area contributed by atoms with E-state index in [1.165, 1.54) is 0 Å². The van der Waals surface area contributed by atoms with Crippen molar-refractivity contribution >= 4 is 22.4 Å². The van der Waals surface area contributed by atoms with Crippen LogP contribution in [0.3, 0.4) is 0 Å². The SMILES string of the molecule is Clc1ccc2cc(OCc3cn[nH]n3)ccc2c1. The Labute approximate surface area is 109 Å². The molecule has 2 aromatic carbocycles. The molecule has 90 valence electrons. The van der Waals surface area contributed by atoms with Gasteiger partial charge in [0.25, 0.3) is 0 Å². The van der Waals surface area contributed by atoms with Crippen LogP contribution >= 0.6 is 11.6 Å². The van der Waals surface area contributed by atoms with Gasteiger partial charge in [0, 0.05) is 5.02 Å². The number of nitrogens with one attached hydrogen (secondary N) is 1. The monoisotopic (exact) mass is 259 g/mol. The summed E-state index contributed by atoms with van der Waals surface area (Å²) in [4.78, 5) is 0. The Morgan fingerprint density at radius 2 is 1.94 bits per heavy atom. The third-order valence-electron chi connectivity index (χ3n) is 2.63. The lowest BCUT2D eigenvalue weighted by Gasteiger charge is -2.05. The van der Waals surface area contributed by atoms with Gasteiger partial charge in [-0.3, -0.25) is 0 Å². The van der Waals surface area contributed by atoms with Gasteiger partial charge < -0.3 is 4.74 Å². The summed E-state index contributed by atoms with van der Waals surface area (Å²) in [5, 5.41) is 13.1. The van der Waals surface area contributed by atoms with Crippen LogP contribution in [-0.2, 0) is 6.61 Å². The Bertz CT molecular complexity index is 667. The Kier molecular flexibility index (Phi) is 2.86. The maximum atomic E-state index is 5.94. The molecule has 0 saturated heterocycles. The van der Waals surface area contributed by atoms with Crippen molar-refractivity contribution in [3.63, 3.8) is 0 Å². The molecule has 0 fully saturated rings. The van der Waals surface area contributed by atoms with Gasteiger partial charge in [-0.05, 0) is 35.0 Å². The fourth-order valence-corrected chi connectivity index (χ4v) is 1.92. The number of H-pyrrole nitrogens is 1. The molecule has 1 N–H and O–H groups in total. The van der Waals surface area contributed by atoms with Crippen LogP contribution in [0.5, 0.6) is 5.75 Å². The third kappa shape index (κ3) is 2.28. The van der Waals surface area contributed by atoms with E-state index in [4.69, 9.17) is 16.3 Å². The molecule has 0 aliphatic rings. The number of ether oxygens (including phenoxy) is 1. The zero-order valence-electron chi connectivity index (χ0n) is 9.43. The number of aromatic nitrogens is 3. The molecule has 5 heteroatoms. The maximum Gasteiger partial charge on any atom is 0.134 e. The van der Waals surface area contributed by atoms with E-state index in [2.05, 4.69) is 15.4 Å². The molecule has 0 saturated carbocycles. The lowest BCUT2D eigenvalue weighted by atomic mass is 10.1. The van der Waals surface area contributed by atoms with Crippen molar-refractivity contribution in [2.45, 2.75) is 6.61 Å². The number of halogens is 1. The summed E-state index contributed by atoms with van der Waals surface area (Å²) < 4.78 is 5.63. The summed E-state index contributed by atoms with van der Waals surface area (Å²) in [6.07, 6.45) is 1.64. The lowest BCUT2D eigenvalue weighted by molar-refractivity contribution is 0.301. The number of rotatable bonds is 3. The van der Waals surface area contributed by atoms with Gasteiger partial charge in [0.2, 0.25) is 0 Å². The maximum absolute atomic E-state index is 5.94. The summed E-state index contributed by atoms with van der Waals surface area (Å²) in [7, 11) is 0. The van der Waals surface area contributed by atoms with Gasteiger partial charge in [0.15, 0.2) is 0 Å². The Morgan fingerprint density at radius 1 is 1.11 bits per heavy atom. The number of hydrogen-bond acceptors (Lipinski definition) is 3. The van der Waals surface area contributed by atoms with E-state index in [1.807, 2.05) is 36.4 Å². The van der Waals surface area contributed by atoms with E-state index in [1.54, 1.807) is 6.20 Å². The molecule has 0 aliphatic carbocycles. The van der Waals surface area contributed by atoms with E-state index in [-0.39, 0.29) is 0 Å². The number of nitrogens with zero attached hydrogens (tertiary/aromatic N) is 2. The van der Waals surface area contributed by atoms with Crippen LogP contribution in [0.1, 0.15) is 5.69 Å². The van der Waals surface area contributed by atoms with Crippen molar-refractivity contribution < 1.29 is 4.74 Å². The van der Waals surface area contributed by atoms with Crippen LogP contribution in [-0.4, -0.2) is 15.4 Å². The summed E-state index contributed by atoms with van der Waals surface area (Å²) in [6, 6.07) is 11.6. The quantitative estimate of drug-likeness (QED) is 0.786. The molecule has 0 radical (unpaired) electrons. The smallest absolute Gasteiger partial charge is 0.134 e. The average Bonchev–Trinajstić information content (AvgIpc) is 2.89. The largest absolute Gasteiger partial charge is 0.487 e. The van der Waals surface area contributed by atoms with Crippen LogP contribution in [0.25, 0.3) is 10.8 Å². The highest BCUT2D eigenvalue weighted by molar-refractivity contribution is 6.31. The molecule has 1 heterocycles. The minimum atomic E-state index is 0.398. The number of aromatic amines is 1. The second-order valence-electron chi connectivity index (χ2n) is 3.90. The predicted octanol–water partition coefficient (Wildman–Crippen LogP) is 3.19. The van der Waals surface area contributed by atoms with Crippen molar-refractivity contribution in [2.24, 2.45) is 0 Å². The van der Waals surface area contributed by atoms with E-state index in [9.17, 15) is 0 Å². The first kappa shape index (κ1) is 11.0. The molecule has 0 spiro atoms. The topological polar surface area (TPSA) is 50.8 Å². The summed E-state index contributed by atoms with van der Waals surface area (Å²) >= 11 is 5.94. The molecule has 18 heavy (non-hydrogen) atoms. The van der Waals surface area contributed by atoms with Crippen molar-refractivity contribution in [1.82, 2.24) is 15.4 Å². The van der Waals surface area contributed by atoms with Gasteiger partial charge in [-0.2, -0.15) is 15.4 Å². The summed E-state index contributed by atoms with van der Waals surface area (Å²) in [5.41, 5.74) is 0.770. The molecule has 3 aromatic rings. The number of fused-ring (bicyclic) bond motifs is 1. The molecule has 0 aliphatic heterocycles. The highest BCUT2D eigenvalue weighted by Crippen LogP contribution is 2.24. The molecule has 0 amide bonds. The van der Waals surface area contributed by atoms with Crippen molar-refractivity contribution in [2.75, 3.05) is 0 Å². The molecule has 0 atom stereocenters. The highest BCUT2D eigenvalue weighted by Gasteiger charge is 2.00. The predicted molar refractivity (Wildman–Crippen MR) is 69.7 cm³/mol. The van der Waals surface area contributed by atoms with E-state index in [0.717, 1.165) is 27.2 Å². The Morgan fingerprint density at radius 3 is 2.78 bits per heavy atom. The van der Waals surface area contributed by atoms with Crippen LogP contribution < -0.4 is 4.74 Å². The molecular formula is C13H10ClN3O. The van der Waals surface area contributed by atoms with Crippen LogP contribution in [0.2, 0.25) is 5.02 Å². The first-order valence-corrected chi connectivity index (χ1v) is 5.86. The van der Waals surface area contributed by atoms with Gasteiger partial charge in [-0.1, -0.05) is 23.7 Å². The van der Waals surface area contributed by atoms with E-state index >= 15 is 0 Å². The first-order chi connectivity index (χ1) is 8.81. The summed E-state index contributed by atoms with van der Waals surface area (Å²) in [5.74, 6) is 0.799. The zero-order chi connectivity index (χ0) is 12.4. The standard InChI is InChI=1S/C13H10ClN3O/c14-11-3-1-10-6-13(4-2-9(10)5-11)18-8-12-7-15-17-16-12/h1-7H,8H2,(H,15,16,17). The van der Waals surface area contributed by atoms with Gasteiger partial charge >= 0.3 is 0 Å². The van der Waals surface area contributed by atoms with Gasteiger partial charge in [0.1, 0.15) is 18.1 Å². The number of benzene rings is 2. The Hall–Kier alpha value is -2.07. The van der Waals surface area contributed by atoms with Crippen LogP contribution in [0.4, 0.5) is 0 Å². The summed E-state index contributed by atoms with van der Waals surface area (Å²) in [6.45, 7) is 0.398. The van der Waals surface area contributed by atoms with Crippen molar-refractivity contribution in [3.8, 4) is 5.75 Å². The van der Waals surface area contributed by atoms with Gasteiger partial charge in [-0.15, -0.1) is 0 Å². The molecule has 0 unspecified atom stereocenters. The van der Waals surface area contributed by atoms with Crippen LogP contribution in [0.15, 0.2) is 42.6 Å². The third-order valence-corrected chi connectivity index (χ3v) is 2.86. The number of hydrogen-bond donors (Lipinski definition) is 1. The van der Waals surface area contributed by atoms with E-state index in [0.29, 0.717) is 6.61 Å². The van der Waals surface area contributed by atoms with Crippen molar-refractivity contribution in [1.29, 1.82) is 0 Å². The average molecular weight is 260 g/mol. The molecular weight excluding hydrogens is 250 g/mol. The minimum Gasteiger partial charge on any atom is -0.487 e. The second kappa shape index (κ2) is 4.66. The fraction of sp³-hybridized carbons (Fsp3) is 0.0769. The molecule has 0 bridgehead atoms. The molecule has 1 aromatic heterocycles. The zero-order valence-corrected chi connectivity index (χ0v) is 10.2. The second-order valence-corrected chi connectivity index (χ2v) is 4.34.